The minimum atomic E-state index is -3.78. The van der Waals surface area contributed by atoms with Crippen molar-refractivity contribution in [3.63, 3.8) is 0 Å². The van der Waals surface area contributed by atoms with Crippen LogP contribution in [0.15, 0.2) is 27.4 Å². The maximum Gasteiger partial charge on any atom is 0.351 e. The maximum atomic E-state index is 11.7. The maximum absolute atomic E-state index is 11.7. The first kappa shape index (κ1) is 16.3. The summed E-state index contributed by atoms with van der Waals surface area (Å²) >= 11 is 6.05. The summed E-state index contributed by atoms with van der Waals surface area (Å²) in [6.45, 7) is 1.67. The van der Waals surface area contributed by atoms with Crippen LogP contribution >= 0.6 is 11.6 Å². The highest BCUT2D eigenvalue weighted by molar-refractivity contribution is 7.86. The van der Waals surface area contributed by atoms with Crippen LogP contribution in [0.2, 0.25) is 5.02 Å². The van der Waals surface area contributed by atoms with Gasteiger partial charge in [0.15, 0.2) is 5.75 Å². The Morgan fingerprint density at radius 2 is 2.05 bits per heavy atom. The number of hydrogen-bond donors (Lipinski definition) is 0. The van der Waals surface area contributed by atoms with Crippen molar-refractivity contribution in [1.82, 2.24) is 0 Å². The molecule has 0 aliphatic carbocycles. The molecule has 0 fully saturated rings. The third-order valence-corrected chi connectivity index (χ3v) is 3.42. The van der Waals surface area contributed by atoms with Crippen molar-refractivity contribution in [3.05, 3.63) is 39.2 Å². The van der Waals surface area contributed by atoms with Gasteiger partial charge in [-0.2, -0.15) is 8.42 Å². The highest BCUT2D eigenvalue weighted by atomic mass is 35.5. The number of carbonyl (C=O) groups is 1. The quantitative estimate of drug-likeness (QED) is 0.474. The largest absolute Gasteiger partial charge is 0.462 e. The molecule has 0 aliphatic heterocycles. The monoisotopic (exact) mass is 346 g/mol. The molecule has 0 unspecified atom stereocenters. The van der Waals surface area contributed by atoms with Crippen LogP contribution in [-0.4, -0.2) is 27.2 Å². The van der Waals surface area contributed by atoms with Crippen LogP contribution in [0.5, 0.6) is 5.75 Å². The lowest BCUT2D eigenvalue weighted by Crippen LogP contribution is -2.16. The Balaban J connectivity index is 2.65. The molecule has 1 heterocycles. The van der Waals surface area contributed by atoms with E-state index in [9.17, 15) is 18.0 Å². The summed E-state index contributed by atoms with van der Waals surface area (Å²) in [5.41, 5.74) is -1.13. The molecule has 7 nitrogen and oxygen atoms in total. The summed E-state index contributed by atoms with van der Waals surface area (Å²) in [4.78, 5) is 23.4. The van der Waals surface area contributed by atoms with Crippen LogP contribution in [0.1, 0.15) is 17.3 Å². The predicted molar refractivity (Wildman–Crippen MR) is 78.9 cm³/mol. The molecule has 22 heavy (non-hydrogen) atoms. The third-order valence-electron chi connectivity index (χ3n) is 2.55. The molecular weight excluding hydrogens is 336 g/mol. The summed E-state index contributed by atoms with van der Waals surface area (Å²) in [5, 5.41) is 0.0580. The second kappa shape index (κ2) is 5.98. The molecule has 0 saturated heterocycles. The fourth-order valence-electron chi connectivity index (χ4n) is 1.72. The molecule has 9 heteroatoms. The normalized spacial score (nSPS) is 11.4. The van der Waals surface area contributed by atoms with Crippen molar-refractivity contribution in [2.75, 3.05) is 12.9 Å². The van der Waals surface area contributed by atoms with Gasteiger partial charge in [0.1, 0.15) is 11.1 Å². The third kappa shape index (κ3) is 3.40. The first-order valence-electron chi connectivity index (χ1n) is 6.06. The van der Waals surface area contributed by atoms with Gasteiger partial charge in [-0.05, 0) is 25.1 Å². The Morgan fingerprint density at radius 1 is 1.36 bits per heavy atom. The number of benzene rings is 1. The Labute approximate surface area is 130 Å². The van der Waals surface area contributed by atoms with E-state index < -0.39 is 21.7 Å². The summed E-state index contributed by atoms with van der Waals surface area (Å²) < 4.78 is 36.8. The fourth-order valence-corrected chi connectivity index (χ4v) is 2.48. The first-order valence-corrected chi connectivity index (χ1v) is 8.25. The second-order valence-corrected chi connectivity index (χ2v) is 6.20. The second-order valence-electron chi connectivity index (χ2n) is 4.24. The molecule has 0 aliphatic rings. The van der Waals surface area contributed by atoms with Crippen molar-refractivity contribution in [1.29, 1.82) is 0 Å². The van der Waals surface area contributed by atoms with Crippen LogP contribution in [-0.2, 0) is 14.9 Å². The Kier molecular flexibility index (Phi) is 4.43. The lowest BCUT2D eigenvalue weighted by molar-refractivity contribution is 0.0521. The van der Waals surface area contributed by atoms with E-state index in [0.717, 1.165) is 6.26 Å². The Hall–Kier alpha value is -2.06. The lowest BCUT2D eigenvalue weighted by Gasteiger charge is -2.08. The predicted octanol–water partition coefficient (Wildman–Crippen LogP) is 1.96. The number of ether oxygens (including phenoxy) is 1. The highest BCUT2D eigenvalue weighted by Crippen LogP contribution is 2.33. The smallest absolute Gasteiger partial charge is 0.351 e. The highest BCUT2D eigenvalue weighted by Gasteiger charge is 2.18. The minimum absolute atomic E-state index is 0.0846. The summed E-state index contributed by atoms with van der Waals surface area (Å²) in [6.07, 6.45) is 0.864. The van der Waals surface area contributed by atoms with Gasteiger partial charge < -0.3 is 13.3 Å². The first-order chi connectivity index (χ1) is 10.2. The van der Waals surface area contributed by atoms with E-state index in [-0.39, 0.29) is 33.9 Å². The summed E-state index contributed by atoms with van der Waals surface area (Å²) in [7, 11) is -3.78. The molecule has 118 valence electrons. The van der Waals surface area contributed by atoms with Crippen LogP contribution in [0.25, 0.3) is 11.0 Å². The number of hydrogen-bond acceptors (Lipinski definition) is 7. The van der Waals surface area contributed by atoms with E-state index in [4.69, 9.17) is 24.9 Å². The van der Waals surface area contributed by atoms with Crippen LogP contribution in [0, 0.1) is 0 Å². The molecule has 2 rings (SSSR count). The van der Waals surface area contributed by atoms with E-state index >= 15 is 0 Å². The van der Waals surface area contributed by atoms with E-state index in [2.05, 4.69) is 0 Å². The van der Waals surface area contributed by atoms with Gasteiger partial charge in [-0.15, -0.1) is 0 Å². The average Bonchev–Trinajstić information content (AvgIpc) is 2.40. The van der Waals surface area contributed by atoms with Crippen LogP contribution in [0.3, 0.4) is 0 Å². The zero-order valence-corrected chi connectivity index (χ0v) is 13.2. The molecule has 0 atom stereocenters. The molecule has 0 saturated carbocycles. The zero-order chi connectivity index (χ0) is 16.5. The molecule has 1 aromatic heterocycles. The topological polar surface area (TPSA) is 99.9 Å². The molecule has 2 aromatic rings. The van der Waals surface area contributed by atoms with Gasteiger partial charge >= 0.3 is 21.7 Å². The van der Waals surface area contributed by atoms with Gasteiger partial charge in [-0.1, -0.05) is 11.6 Å². The molecule has 1 aromatic carbocycles. The number of halogens is 1. The zero-order valence-electron chi connectivity index (χ0n) is 11.6. The molecule has 0 spiro atoms. The Morgan fingerprint density at radius 3 is 2.64 bits per heavy atom. The fraction of sp³-hybridized carbons (Fsp3) is 0.231. The molecule has 0 amide bonds. The van der Waals surface area contributed by atoms with Crippen LogP contribution < -0.4 is 9.81 Å². The van der Waals surface area contributed by atoms with Gasteiger partial charge in [-0.3, -0.25) is 0 Å². The van der Waals surface area contributed by atoms with E-state index in [1.807, 2.05) is 0 Å². The van der Waals surface area contributed by atoms with E-state index in [1.54, 1.807) is 6.92 Å². The van der Waals surface area contributed by atoms with Crippen LogP contribution in [0.4, 0.5) is 0 Å². The van der Waals surface area contributed by atoms with Crippen molar-refractivity contribution in [2.45, 2.75) is 6.92 Å². The van der Waals surface area contributed by atoms with E-state index in [0.29, 0.717) is 0 Å². The summed E-state index contributed by atoms with van der Waals surface area (Å²) in [5.74, 6) is -0.996. The molecule has 0 N–H and O–H groups in total. The minimum Gasteiger partial charge on any atom is -0.462 e. The number of esters is 1. The van der Waals surface area contributed by atoms with Gasteiger partial charge in [0.2, 0.25) is 0 Å². The number of carbonyl (C=O) groups excluding carboxylic acids is 1. The van der Waals surface area contributed by atoms with Crippen molar-refractivity contribution < 1.29 is 26.5 Å². The van der Waals surface area contributed by atoms with E-state index in [1.165, 1.54) is 18.2 Å². The summed E-state index contributed by atoms with van der Waals surface area (Å²) in [6, 6.07) is 3.74. The number of rotatable bonds is 4. The number of fused-ring (bicyclic) bond motifs is 1. The van der Waals surface area contributed by atoms with Gasteiger partial charge in [-0.25, -0.2) is 9.59 Å². The SMILES string of the molecule is CCOC(=O)c1cc2c(Cl)c(OS(C)(=O)=O)ccc2oc1=O. The standard InChI is InChI=1S/C13H11ClO7S/c1-3-19-12(15)8-6-7-9(20-13(8)16)4-5-10(11(7)14)21-22(2,17)18/h4-6H,3H2,1-2H3. The van der Waals surface area contributed by atoms with Crippen molar-refractivity contribution in [3.8, 4) is 5.75 Å². The molecule has 0 bridgehead atoms. The van der Waals surface area contributed by atoms with Gasteiger partial charge in [0.25, 0.3) is 0 Å². The van der Waals surface area contributed by atoms with Gasteiger partial charge in [0.05, 0.1) is 17.9 Å². The van der Waals surface area contributed by atoms with Gasteiger partial charge in [0, 0.05) is 5.39 Å². The van der Waals surface area contributed by atoms with Crippen molar-refractivity contribution in [2.24, 2.45) is 0 Å². The lowest BCUT2D eigenvalue weighted by atomic mass is 10.2. The molecule has 0 radical (unpaired) electrons. The van der Waals surface area contributed by atoms with Crippen molar-refractivity contribution >= 4 is 38.7 Å². The Bertz CT molecular complexity index is 898. The average molecular weight is 347 g/mol. The molecular formula is C13H11ClO7S.